The molecule has 6 nitrogen and oxygen atoms in total. The second-order valence-corrected chi connectivity index (χ2v) is 6.94. The summed E-state index contributed by atoms with van der Waals surface area (Å²) in [5, 5.41) is 8.34. The lowest BCUT2D eigenvalue weighted by Crippen LogP contribution is -2.16. The van der Waals surface area contributed by atoms with E-state index in [2.05, 4.69) is 10.4 Å². The van der Waals surface area contributed by atoms with E-state index in [0.717, 1.165) is 0 Å². The van der Waals surface area contributed by atoms with Crippen LogP contribution in [0.15, 0.2) is 42.6 Å². The van der Waals surface area contributed by atoms with E-state index in [1.807, 2.05) is 0 Å². The SMILES string of the molecule is COc1cc(C(=O)Nc2ccnn2Cc2c(Cl)cccc2Cl)cc(Cl)c1OC. The summed E-state index contributed by atoms with van der Waals surface area (Å²) in [5.41, 5.74) is 1.02. The molecular weight excluding hydrogens is 425 g/mol. The number of nitrogens with zero attached hydrogens (tertiary/aromatic N) is 2. The number of rotatable bonds is 6. The van der Waals surface area contributed by atoms with Crippen LogP contribution < -0.4 is 14.8 Å². The number of hydrogen-bond acceptors (Lipinski definition) is 4. The van der Waals surface area contributed by atoms with Crippen molar-refractivity contribution >= 4 is 46.5 Å². The number of nitrogens with one attached hydrogen (secondary N) is 1. The number of methoxy groups -OCH3 is 2. The molecule has 0 spiro atoms. The molecule has 3 rings (SSSR count). The largest absolute Gasteiger partial charge is 0.493 e. The molecule has 0 aliphatic rings. The number of carbonyl (C=O) groups is 1. The van der Waals surface area contributed by atoms with Crippen LogP contribution in [0.1, 0.15) is 15.9 Å². The van der Waals surface area contributed by atoms with Gasteiger partial charge in [-0.05, 0) is 24.3 Å². The van der Waals surface area contributed by atoms with Crippen molar-refractivity contribution in [1.82, 2.24) is 9.78 Å². The number of ether oxygens (including phenoxy) is 2. The molecule has 0 atom stereocenters. The first-order chi connectivity index (χ1) is 13.4. The van der Waals surface area contributed by atoms with E-state index in [4.69, 9.17) is 44.3 Å². The molecule has 1 amide bonds. The van der Waals surface area contributed by atoms with Crippen LogP contribution in [0.5, 0.6) is 11.5 Å². The van der Waals surface area contributed by atoms with Crippen molar-refractivity contribution in [3.05, 3.63) is 68.8 Å². The minimum atomic E-state index is -0.380. The Morgan fingerprint density at radius 2 is 1.79 bits per heavy atom. The Labute approximate surface area is 176 Å². The average molecular weight is 441 g/mol. The van der Waals surface area contributed by atoms with Crippen LogP contribution in [0.25, 0.3) is 0 Å². The third kappa shape index (κ3) is 4.19. The fourth-order valence-electron chi connectivity index (χ4n) is 2.64. The third-order valence-corrected chi connectivity index (χ3v) is 5.01. The number of carbonyl (C=O) groups excluding carboxylic acids is 1. The number of amides is 1. The number of hydrogen-bond donors (Lipinski definition) is 1. The summed E-state index contributed by atoms with van der Waals surface area (Å²) in [4.78, 5) is 12.7. The Hall–Kier alpha value is -2.41. The van der Waals surface area contributed by atoms with Crippen LogP contribution in [-0.4, -0.2) is 29.9 Å². The van der Waals surface area contributed by atoms with Crippen molar-refractivity contribution in [2.45, 2.75) is 6.54 Å². The van der Waals surface area contributed by atoms with Gasteiger partial charge in [-0.2, -0.15) is 5.10 Å². The molecule has 1 aromatic heterocycles. The molecule has 1 heterocycles. The van der Waals surface area contributed by atoms with Crippen molar-refractivity contribution in [1.29, 1.82) is 0 Å². The second kappa shape index (κ2) is 8.73. The molecular formula is C19H16Cl3N3O3. The van der Waals surface area contributed by atoms with E-state index in [0.29, 0.717) is 45.0 Å². The fraction of sp³-hybridized carbons (Fsp3) is 0.158. The number of benzene rings is 2. The Bertz CT molecular complexity index is 1000. The van der Waals surface area contributed by atoms with Crippen LogP contribution in [-0.2, 0) is 6.54 Å². The zero-order chi connectivity index (χ0) is 20.3. The smallest absolute Gasteiger partial charge is 0.257 e. The van der Waals surface area contributed by atoms with Crippen LogP contribution in [0.2, 0.25) is 15.1 Å². The summed E-state index contributed by atoms with van der Waals surface area (Å²) in [7, 11) is 2.94. The van der Waals surface area contributed by atoms with E-state index in [1.54, 1.807) is 41.2 Å². The van der Waals surface area contributed by atoms with Gasteiger partial charge in [0.15, 0.2) is 11.5 Å². The average Bonchev–Trinajstić information content (AvgIpc) is 3.10. The standard InChI is InChI=1S/C19H16Cl3N3O3/c1-27-16-9-11(8-15(22)18(16)28-2)19(26)24-17-6-7-23-25(17)10-12-13(20)4-3-5-14(12)21/h3-9H,10H2,1-2H3,(H,24,26). The molecule has 0 saturated heterocycles. The molecule has 0 unspecified atom stereocenters. The topological polar surface area (TPSA) is 65.4 Å². The van der Waals surface area contributed by atoms with Crippen molar-refractivity contribution in [2.24, 2.45) is 0 Å². The monoisotopic (exact) mass is 439 g/mol. The summed E-state index contributed by atoms with van der Waals surface area (Å²) < 4.78 is 12.0. The number of halogens is 3. The van der Waals surface area contributed by atoms with Gasteiger partial charge in [0, 0.05) is 27.2 Å². The van der Waals surface area contributed by atoms with Gasteiger partial charge in [-0.3, -0.25) is 4.79 Å². The minimum absolute atomic E-state index is 0.267. The quantitative estimate of drug-likeness (QED) is 0.575. The van der Waals surface area contributed by atoms with E-state index >= 15 is 0 Å². The lowest BCUT2D eigenvalue weighted by molar-refractivity contribution is 0.102. The first-order valence-electron chi connectivity index (χ1n) is 8.12. The van der Waals surface area contributed by atoms with Gasteiger partial charge in [0.25, 0.3) is 5.91 Å². The van der Waals surface area contributed by atoms with Crippen molar-refractivity contribution in [3.63, 3.8) is 0 Å². The molecule has 0 aliphatic heterocycles. The summed E-state index contributed by atoms with van der Waals surface area (Å²) in [6, 6.07) is 9.98. The van der Waals surface area contributed by atoms with Gasteiger partial charge in [0.05, 0.1) is 32.0 Å². The molecule has 1 N–H and O–H groups in total. The lowest BCUT2D eigenvalue weighted by atomic mass is 10.2. The zero-order valence-corrected chi connectivity index (χ0v) is 17.3. The molecule has 0 fully saturated rings. The lowest BCUT2D eigenvalue weighted by Gasteiger charge is -2.13. The minimum Gasteiger partial charge on any atom is -0.493 e. The maximum atomic E-state index is 12.7. The molecule has 0 radical (unpaired) electrons. The highest BCUT2D eigenvalue weighted by Gasteiger charge is 2.17. The van der Waals surface area contributed by atoms with Crippen LogP contribution >= 0.6 is 34.8 Å². The predicted octanol–water partition coefficient (Wildman–Crippen LogP) is 5.16. The Kier molecular flexibility index (Phi) is 6.34. The number of anilines is 1. The summed E-state index contributed by atoms with van der Waals surface area (Å²) in [5.74, 6) is 0.817. The molecule has 3 aromatic rings. The van der Waals surface area contributed by atoms with Gasteiger partial charge in [-0.25, -0.2) is 4.68 Å². The normalized spacial score (nSPS) is 10.6. The van der Waals surface area contributed by atoms with Crippen molar-refractivity contribution in [3.8, 4) is 11.5 Å². The fourth-order valence-corrected chi connectivity index (χ4v) is 3.44. The summed E-state index contributed by atoms with van der Waals surface area (Å²) in [6.45, 7) is 0.299. The van der Waals surface area contributed by atoms with Crippen LogP contribution in [0.3, 0.4) is 0 Å². The second-order valence-electron chi connectivity index (χ2n) is 5.72. The van der Waals surface area contributed by atoms with Gasteiger partial charge in [-0.1, -0.05) is 40.9 Å². The summed E-state index contributed by atoms with van der Waals surface area (Å²) in [6.07, 6.45) is 1.57. The van der Waals surface area contributed by atoms with Crippen molar-refractivity contribution < 1.29 is 14.3 Å². The van der Waals surface area contributed by atoms with E-state index < -0.39 is 0 Å². The molecule has 28 heavy (non-hydrogen) atoms. The van der Waals surface area contributed by atoms with Gasteiger partial charge >= 0.3 is 0 Å². The van der Waals surface area contributed by atoms with E-state index in [9.17, 15) is 4.79 Å². The van der Waals surface area contributed by atoms with Crippen LogP contribution in [0.4, 0.5) is 5.82 Å². The van der Waals surface area contributed by atoms with Gasteiger partial charge in [0.2, 0.25) is 0 Å². The molecule has 146 valence electrons. The predicted molar refractivity (Wildman–Crippen MR) is 110 cm³/mol. The molecule has 9 heteroatoms. The molecule has 2 aromatic carbocycles. The highest BCUT2D eigenvalue weighted by molar-refractivity contribution is 6.36. The molecule has 0 bridgehead atoms. The molecule has 0 aliphatic carbocycles. The van der Waals surface area contributed by atoms with Gasteiger partial charge in [-0.15, -0.1) is 0 Å². The third-order valence-electron chi connectivity index (χ3n) is 4.02. The zero-order valence-electron chi connectivity index (χ0n) is 15.0. The Morgan fingerprint density at radius 3 is 2.43 bits per heavy atom. The summed E-state index contributed by atoms with van der Waals surface area (Å²) >= 11 is 18.6. The van der Waals surface area contributed by atoms with Gasteiger partial charge in [0.1, 0.15) is 5.82 Å². The van der Waals surface area contributed by atoms with E-state index in [1.165, 1.54) is 20.3 Å². The highest BCUT2D eigenvalue weighted by Crippen LogP contribution is 2.36. The van der Waals surface area contributed by atoms with Gasteiger partial charge < -0.3 is 14.8 Å². The maximum Gasteiger partial charge on any atom is 0.257 e. The van der Waals surface area contributed by atoms with E-state index in [-0.39, 0.29) is 10.9 Å². The first kappa shape index (κ1) is 20.3. The van der Waals surface area contributed by atoms with Crippen LogP contribution in [0, 0.1) is 0 Å². The maximum absolute atomic E-state index is 12.7. The Balaban J connectivity index is 1.85. The number of aromatic nitrogens is 2. The molecule has 0 saturated carbocycles. The highest BCUT2D eigenvalue weighted by atomic mass is 35.5. The van der Waals surface area contributed by atoms with Crippen molar-refractivity contribution in [2.75, 3.05) is 19.5 Å². The Morgan fingerprint density at radius 1 is 1.07 bits per heavy atom. The first-order valence-corrected chi connectivity index (χ1v) is 9.25.